The normalized spacial score (nSPS) is 21.2. The molecule has 1 heterocycles. The summed E-state index contributed by atoms with van der Waals surface area (Å²) in [7, 11) is 0. The van der Waals surface area contributed by atoms with Crippen LogP contribution in [0.5, 0.6) is 0 Å². The number of amides is 1. The Labute approximate surface area is 85.0 Å². The third kappa shape index (κ3) is 2.12. The number of rotatable bonds is 1. The molecule has 15 heavy (non-hydrogen) atoms. The van der Waals surface area contributed by atoms with E-state index in [1.54, 1.807) is 0 Å². The Hall–Kier alpha value is -1.49. The van der Waals surface area contributed by atoms with E-state index in [1.807, 2.05) is 0 Å². The van der Waals surface area contributed by atoms with Gasteiger partial charge in [0.2, 0.25) is 5.91 Å². The van der Waals surface area contributed by atoms with Gasteiger partial charge >= 0.3 is 0 Å². The minimum absolute atomic E-state index is 0.0141. The van der Waals surface area contributed by atoms with E-state index >= 15 is 0 Å². The zero-order valence-corrected chi connectivity index (χ0v) is 7.80. The molecule has 3 nitrogen and oxygen atoms in total. The van der Waals surface area contributed by atoms with Crippen LogP contribution in [0.3, 0.4) is 0 Å². The van der Waals surface area contributed by atoms with Gasteiger partial charge in [0.1, 0.15) is 6.61 Å². The van der Waals surface area contributed by atoms with Crippen LogP contribution in [0.4, 0.5) is 8.78 Å². The van der Waals surface area contributed by atoms with E-state index in [2.05, 4.69) is 5.32 Å². The molecular formula is C10H9F2NO2. The summed E-state index contributed by atoms with van der Waals surface area (Å²) in [4.78, 5) is 11.0. The largest absolute Gasteiger partial charge is 0.369 e. The lowest BCUT2D eigenvalue weighted by atomic mass is 10.1. The zero-order valence-electron chi connectivity index (χ0n) is 7.80. The van der Waals surface area contributed by atoms with Crippen LogP contribution in [0.25, 0.3) is 0 Å². The van der Waals surface area contributed by atoms with Crippen molar-refractivity contribution in [2.45, 2.75) is 6.04 Å². The van der Waals surface area contributed by atoms with Crippen molar-refractivity contribution in [3.63, 3.8) is 0 Å². The van der Waals surface area contributed by atoms with Crippen molar-refractivity contribution in [2.24, 2.45) is 0 Å². The maximum absolute atomic E-state index is 12.9. The van der Waals surface area contributed by atoms with E-state index < -0.39 is 17.7 Å². The van der Waals surface area contributed by atoms with Crippen molar-refractivity contribution in [2.75, 3.05) is 13.2 Å². The summed E-state index contributed by atoms with van der Waals surface area (Å²) in [5.41, 5.74) is 0.502. The Balaban J connectivity index is 2.21. The van der Waals surface area contributed by atoms with Gasteiger partial charge in [-0.2, -0.15) is 0 Å². The summed E-state index contributed by atoms with van der Waals surface area (Å²) in [6.07, 6.45) is 0. The van der Waals surface area contributed by atoms with Crippen molar-refractivity contribution in [3.8, 4) is 0 Å². The van der Waals surface area contributed by atoms with E-state index in [0.717, 1.165) is 12.1 Å². The summed E-state index contributed by atoms with van der Waals surface area (Å²) < 4.78 is 30.5. The molecule has 1 fully saturated rings. The topological polar surface area (TPSA) is 38.3 Å². The first-order chi connectivity index (χ1) is 7.16. The molecule has 0 radical (unpaired) electrons. The van der Waals surface area contributed by atoms with Gasteiger partial charge in [-0.1, -0.05) is 6.07 Å². The van der Waals surface area contributed by atoms with E-state index in [1.165, 1.54) is 6.07 Å². The molecule has 1 atom stereocenters. The second-order valence-corrected chi connectivity index (χ2v) is 3.31. The Morgan fingerprint density at radius 2 is 2.13 bits per heavy atom. The first-order valence-corrected chi connectivity index (χ1v) is 4.49. The van der Waals surface area contributed by atoms with Gasteiger partial charge in [0.25, 0.3) is 0 Å². The van der Waals surface area contributed by atoms with Gasteiger partial charge in [0.15, 0.2) is 11.6 Å². The number of halogens is 2. The highest BCUT2D eigenvalue weighted by Crippen LogP contribution is 2.18. The Kier molecular flexibility index (Phi) is 2.64. The average Bonchev–Trinajstić information content (AvgIpc) is 2.22. The van der Waals surface area contributed by atoms with Gasteiger partial charge in [0, 0.05) is 0 Å². The Bertz CT molecular complexity index is 395. The highest BCUT2D eigenvalue weighted by molar-refractivity contribution is 5.78. The van der Waals surface area contributed by atoms with E-state index in [0.29, 0.717) is 5.56 Å². The van der Waals surface area contributed by atoms with Gasteiger partial charge < -0.3 is 10.1 Å². The molecule has 80 valence electrons. The quantitative estimate of drug-likeness (QED) is 0.760. The molecular weight excluding hydrogens is 204 g/mol. The van der Waals surface area contributed by atoms with Crippen LogP contribution in [-0.4, -0.2) is 19.1 Å². The lowest BCUT2D eigenvalue weighted by Crippen LogP contribution is -2.39. The Morgan fingerprint density at radius 3 is 2.80 bits per heavy atom. The van der Waals surface area contributed by atoms with Crippen LogP contribution in [0.2, 0.25) is 0 Å². The molecule has 1 aliphatic rings. The van der Waals surface area contributed by atoms with Crippen molar-refractivity contribution >= 4 is 5.91 Å². The van der Waals surface area contributed by atoms with Crippen molar-refractivity contribution in [1.82, 2.24) is 5.32 Å². The minimum Gasteiger partial charge on any atom is -0.369 e. The fourth-order valence-electron chi connectivity index (χ4n) is 1.46. The second-order valence-electron chi connectivity index (χ2n) is 3.31. The highest BCUT2D eigenvalue weighted by Gasteiger charge is 2.21. The average molecular weight is 213 g/mol. The molecule has 2 rings (SSSR count). The number of nitrogens with one attached hydrogen (secondary N) is 1. The zero-order chi connectivity index (χ0) is 10.8. The molecule has 1 aromatic rings. The number of hydrogen-bond donors (Lipinski definition) is 1. The number of carbonyl (C=O) groups excluding carboxylic acids is 1. The number of hydrogen-bond acceptors (Lipinski definition) is 2. The molecule has 1 N–H and O–H groups in total. The number of morpholine rings is 1. The van der Waals surface area contributed by atoms with Crippen molar-refractivity contribution in [1.29, 1.82) is 0 Å². The maximum Gasteiger partial charge on any atom is 0.246 e. The van der Waals surface area contributed by atoms with Crippen LogP contribution in [-0.2, 0) is 9.53 Å². The Morgan fingerprint density at radius 1 is 1.33 bits per heavy atom. The van der Waals surface area contributed by atoms with Crippen LogP contribution >= 0.6 is 0 Å². The molecule has 1 saturated heterocycles. The molecule has 1 unspecified atom stereocenters. The van der Waals surface area contributed by atoms with Crippen molar-refractivity contribution in [3.05, 3.63) is 35.4 Å². The SMILES string of the molecule is O=C1COCC(c2ccc(F)c(F)c2)N1. The summed E-state index contributed by atoms with van der Waals surface area (Å²) in [5.74, 6) is -2.08. The molecule has 1 amide bonds. The molecule has 5 heteroatoms. The fraction of sp³-hybridized carbons (Fsp3) is 0.300. The predicted molar refractivity (Wildman–Crippen MR) is 48.1 cm³/mol. The second kappa shape index (κ2) is 3.94. The highest BCUT2D eigenvalue weighted by atomic mass is 19.2. The number of benzene rings is 1. The molecule has 0 spiro atoms. The predicted octanol–water partition coefficient (Wildman–Crippen LogP) is 1.15. The van der Waals surface area contributed by atoms with Gasteiger partial charge in [0.05, 0.1) is 12.6 Å². The van der Waals surface area contributed by atoms with Gasteiger partial charge in [-0.15, -0.1) is 0 Å². The van der Waals surface area contributed by atoms with Gasteiger partial charge in [-0.3, -0.25) is 4.79 Å². The molecule has 0 bridgehead atoms. The van der Waals surface area contributed by atoms with E-state index in [4.69, 9.17) is 4.74 Å². The van der Waals surface area contributed by atoms with Gasteiger partial charge in [-0.05, 0) is 17.7 Å². The molecule has 0 aliphatic carbocycles. The lowest BCUT2D eigenvalue weighted by molar-refractivity contribution is -0.131. The lowest BCUT2D eigenvalue weighted by Gasteiger charge is -2.23. The summed E-state index contributed by atoms with van der Waals surface area (Å²) in [6, 6.07) is 3.12. The monoisotopic (exact) mass is 213 g/mol. The molecule has 0 saturated carbocycles. The van der Waals surface area contributed by atoms with Crippen LogP contribution in [0, 0.1) is 11.6 Å². The maximum atomic E-state index is 12.9. The minimum atomic E-state index is -0.924. The van der Waals surface area contributed by atoms with Crippen LogP contribution in [0.1, 0.15) is 11.6 Å². The summed E-state index contributed by atoms with van der Waals surface area (Å²) in [6.45, 7) is 0.289. The summed E-state index contributed by atoms with van der Waals surface area (Å²) >= 11 is 0. The van der Waals surface area contributed by atoms with Gasteiger partial charge in [-0.25, -0.2) is 8.78 Å². The van der Waals surface area contributed by atoms with E-state index in [9.17, 15) is 13.6 Å². The van der Waals surface area contributed by atoms with Crippen LogP contribution in [0.15, 0.2) is 18.2 Å². The standard InChI is InChI=1S/C10H9F2NO2/c11-7-2-1-6(3-8(7)12)9-4-15-5-10(14)13-9/h1-3,9H,4-5H2,(H,13,14). The molecule has 1 aromatic carbocycles. The number of ether oxygens (including phenoxy) is 1. The third-order valence-electron chi connectivity index (χ3n) is 2.20. The molecule has 1 aliphatic heterocycles. The van der Waals surface area contributed by atoms with E-state index in [-0.39, 0.29) is 19.1 Å². The third-order valence-corrected chi connectivity index (χ3v) is 2.20. The first-order valence-electron chi connectivity index (χ1n) is 4.49. The first kappa shape index (κ1) is 10.0. The molecule has 0 aromatic heterocycles. The van der Waals surface area contributed by atoms with Crippen LogP contribution < -0.4 is 5.32 Å². The fourth-order valence-corrected chi connectivity index (χ4v) is 1.46. The smallest absolute Gasteiger partial charge is 0.246 e. The number of carbonyl (C=O) groups is 1. The summed E-state index contributed by atoms with van der Waals surface area (Å²) in [5, 5.41) is 2.63. The van der Waals surface area contributed by atoms with Crippen molar-refractivity contribution < 1.29 is 18.3 Å².